The molecule has 0 aromatic heterocycles. The summed E-state index contributed by atoms with van der Waals surface area (Å²) in [5.74, 6) is -3.16. The number of aliphatic hydroxyl groups is 1. The predicted octanol–water partition coefficient (Wildman–Crippen LogP) is 1.99. The number of carbonyl (C=O) groups excluding carboxylic acids is 2. The van der Waals surface area contributed by atoms with Crippen molar-refractivity contribution in [3.8, 4) is 11.8 Å². The van der Waals surface area contributed by atoms with Crippen LogP contribution < -0.4 is 16.2 Å². The molecule has 0 aliphatic carbocycles. The van der Waals surface area contributed by atoms with Gasteiger partial charge in [0.05, 0.1) is 16.7 Å². The van der Waals surface area contributed by atoms with E-state index in [1.807, 2.05) is 6.07 Å². The zero-order chi connectivity index (χ0) is 21.7. The van der Waals surface area contributed by atoms with Gasteiger partial charge in [-0.2, -0.15) is 5.26 Å². The molecular weight excluding hydrogens is 403 g/mol. The number of hydrogen-bond acceptors (Lipinski definition) is 6. The van der Waals surface area contributed by atoms with Gasteiger partial charge in [0.25, 0.3) is 11.8 Å². The maximum absolute atomic E-state index is 13.1. The van der Waals surface area contributed by atoms with Gasteiger partial charge < -0.3 is 15.5 Å². The normalized spacial score (nSPS) is 12.4. The highest BCUT2D eigenvalue weighted by atomic mass is 35.5. The van der Waals surface area contributed by atoms with E-state index in [-0.39, 0.29) is 16.1 Å². The van der Waals surface area contributed by atoms with Gasteiger partial charge in [0.2, 0.25) is 0 Å². The van der Waals surface area contributed by atoms with Crippen molar-refractivity contribution in [1.82, 2.24) is 10.9 Å². The average Bonchev–Trinajstić information content (AvgIpc) is 2.68. The molecule has 29 heavy (non-hydrogen) atoms. The number of halogens is 2. The highest BCUT2D eigenvalue weighted by molar-refractivity contribution is 6.32. The Bertz CT molecular complexity index is 991. The second-order valence-corrected chi connectivity index (χ2v) is 6.56. The number of rotatable bonds is 5. The van der Waals surface area contributed by atoms with E-state index < -0.39 is 35.5 Å². The smallest absolute Gasteiger partial charge is 0.269 e. The van der Waals surface area contributed by atoms with Crippen LogP contribution in [-0.4, -0.2) is 34.2 Å². The second kappa shape index (κ2) is 9.23. The van der Waals surface area contributed by atoms with Gasteiger partial charge in [0, 0.05) is 11.3 Å². The van der Waals surface area contributed by atoms with Crippen LogP contribution in [0.1, 0.15) is 28.4 Å². The molecule has 1 unspecified atom stereocenters. The van der Waals surface area contributed by atoms with Gasteiger partial charge in [-0.15, -0.1) is 0 Å². The molecule has 5 N–H and O–H groups in total. The van der Waals surface area contributed by atoms with Gasteiger partial charge >= 0.3 is 0 Å². The molecule has 0 spiro atoms. The molecular formula is C19H18ClFN4O4. The molecule has 0 fully saturated rings. The summed E-state index contributed by atoms with van der Waals surface area (Å²) >= 11 is 6.11. The molecule has 0 saturated heterocycles. The summed E-state index contributed by atoms with van der Waals surface area (Å²) in [5.41, 5.74) is 5.38. The fourth-order valence-electron chi connectivity index (χ4n) is 2.42. The van der Waals surface area contributed by atoms with E-state index in [1.54, 1.807) is 13.0 Å². The number of anilines is 1. The Balaban J connectivity index is 2.10. The third kappa shape index (κ3) is 5.13. The maximum Gasteiger partial charge on any atom is 0.269 e. The van der Waals surface area contributed by atoms with Gasteiger partial charge in [-0.25, -0.2) is 4.39 Å². The van der Waals surface area contributed by atoms with Gasteiger partial charge in [-0.3, -0.25) is 20.4 Å². The monoisotopic (exact) mass is 420 g/mol. The number of phenolic OH excluding ortho intramolecular Hbond substituents is 1. The van der Waals surface area contributed by atoms with Crippen LogP contribution in [0.25, 0.3) is 0 Å². The van der Waals surface area contributed by atoms with Gasteiger partial charge in [0.15, 0.2) is 11.6 Å². The third-order valence-electron chi connectivity index (χ3n) is 4.09. The third-order valence-corrected chi connectivity index (χ3v) is 4.58. The second-order valence-electron chi connectivity index (χ2n) is 6.18. The molecule has 2 aromatic rings. The van der Waals surface area contributed by atoms with Crippen LogP contribution in [0, 0.1) is 24.1 Å². The Morgan fingerprint density at radius 2 is 1.93 bits per heavy atom. The van der Waals surface area contributed by atoms with E-state index in [0.29, 0.717) is 11.3 Å². The van der Waals surface area contributed by atoms with Crippen molar-refractivity contribution in [3.05, 3.63) is 57.9 Å². The van der Waals surface area contributed by atoms with Gasteiger partial charge in [-0.1, -0.05) is 11.6 Å². The van der Waals surface area contributed by atoms with E-state index in [4.69, 9.17) is 16.9 Å². The topological polar surface area (TPSA) is 134 Å². The summed E-state index contributed by atoms with van der Waals surface area (Å²) in [6.45, 7) is 3.02. The van der Waals surface area contributed by atoms with Crippen molar-refractivity contribution in [2.75, 3.05) is 5.32 Å². The molecule has 10 heteroatoms. The molecule has 2 aromatic carbocycles. The number of nitrogens with zero attached hydrogens (tertiary/aromatic N) is 1. The number of aromatic hydroxyl groups is 1. The largest absolute Gasteiger partial charge is 0.505 e. The van der Waals surface area contributed by atoms with Crippen molar-refractivity contribution in [2.24, 2.45) is 0 Å². The Labute approximate surface area is 170 Å². The van der Waals surface area contributed by atoms with Crippen LogP contribution >= 0.6 is 11.6 Å². The lowest BCUT2D eigenvalue weighted by atomic mass is 10.1. The minimum absolute atomic E-state index is 0.0829. The van der Waals surface area contributed by atoms with Crippen LogP contribution in [-0.2, 0) is 4.79 Å². The van der Waals surface area contributed by atoms with Crippen LogP contribution in [0.4, 0.5) is 10.1 Å². The van der Waals surface area contributed by atoms with E-state index in [2.05, 4.69) is 16.2 Å². The van der Waals surface area contributed by atoms with Gasteiger partial charge in [-0.05, 0) is 49.7 Å². The first-order chi connectivity index (χ1) is 13.6. The van der Waals surface area contributed by atoms with E-state index in [0.717, 1.165) is 18.2 Å². The standard InChI is InChI=1S/C19H18ClFN4O4/c1-9-14(6-4-12(8-22)16(9)20)23-17(10(2)26)19(29)25-24-18(28)11-3-5-13(21)15(27)7-11/h3-7,10,17,23,26-27H,1-2H3,(H,24,28)(H,25,29)/t10-,17?/m0/s1. The Hall–Kier alpha value is -3.35. The van der Waals surface area contributed by atoms with E-state index in [1.165, 1.54) is 13.0 Å². The summed E-state index contributed by atoms with van der Waals surface area (Å²) in [4.78, 5) is 24.5. The number of hydrogen-bond donors (Lipinski definition) is 5. The zero-order valence-corrected chi connectivity index (χ0v) is 16.2. The van der Waals surface area contributed by atoms with Crippen molar-refractivity contribution in [2.45, 2.75) is 26.0 Å². The molecule has 8 nitrogen and oxygen atoms in total. The highest BCUT2D eigenvalue weighted by Crippen LogP contribution is 2.27. The number of benzene rings is 2. The first kappa shape index (κ1) is 21.9. The van der Waals surface area contributed by atoms with E-state index in [9.17, 15) is 24.2 Å². The summed E-state index contributed by atoms with van der Waals surface area (Å²) in [6.07, 6.45) is -1.16. The molecule has 2 amide bonds. The molecule has 0 saturated carbocycles. The molecule has 0 bridgehead atoms. The number of nitriles is 1. The summed E-state index contributed by atoms with van der Waals surface area (Å²) < 4.78 is 13.1. The van der Waals surface area contributed by atoms with Crippen LogP contribution in [0.3, 0.4) is 0 Å². The molecule has 0 aliphatic rings. The van der Waals surface area contributed by atoms with Crippen molar-refractivity contribution in [3.63, 3.8) is 0 Å². The molecule has 152 valence electrons. The number of hydrazine groups is 1. The molecule has 0 aliphatic heterocycles. The summed E-state index contributed by atoms with van der Waals surface area (Å²) in [5, 5.41) is 31.3. The van der Waals surface area contributed by atoms with Crippen LogP contribution in [0.15, 0.2) is 30.3 Å². The number of amides is 2. The predicted molar refractivity (Wildman–Crippen MR) is 104 cm³/mol. The number of nitrogens with one attached hydrogen (secondary N) is 3. The quantitative estimate of drug-likeness (QED) is 0.469. The first-order valence-electron chi connectivity index (χ1n) is 8.38. The zero-order valence-electron chi connectivity index (χ0n) is 15.5. The van der Waals surface area contributed by atoms with Crippen molar-refractivity contribution < 1.29 is 24.2 Å². The van der Waals surface area contributed by atoms with Crippen LogP contribution in [0.2, 0.25) is 5.02 Å². The molecule has 0 heterocycles. The van der Waals surface area contributed by atoms with E-state index >= 15 is 0 Å². The highest BCUT2D eigenvalue weighted by Gasteiger charge is 2.25. The molecule has 2 rings (SSSR count). The molecule has 0 radical (unpaired) electrons. The number of phenols is 1. The van der Waals surface area contributed by atoms with Crippen molar-refractivity contribution in [1.29, 1.82) is 5.26 Å². The SMILES string of the molecule is Cc1c(NC(C(=O)NNC(=O)c2ccc(F)c(O)c2)[C@H](C)O)ccc(C#N)c1Cl. The molecule has 2 atom stereocenters. The van der Waals surface area contributed by atoms with Crippen LogP contribution in [0.5, 0.6) is 5.75 Å². The number of carbonyl (C=O) groups is 2. The minimum Gasteiger partial charge on any atom is -0.505 e. The Kier molecular flexibility index (Phi) is 6.98. The first-order valence-corrected chi connectivity index (χ1v) is 8.76. The summed E-state index contributed by atoms with van der Waals surface area (Å²) in [6, 6.07) is 6.73. The van der Waals surface area contributed by atoms with Gasteiger partial charge in [0.1, 0.15) is 12.1 Å². The Morgan fingerprint density at radius 1 is 1.24 bits per heavy atom. The fourth-order valence-corrected chi connectivity index (χ4v) is 2.63. The number of aliphatic hydroxyl groups excluding tert-OH is 1. The maximum atomic E-state index is 13.1. The fraction of sp³-hybridized carbons (Fsp3) is 0.211. The lowest BCUT2D eigenvalue weighted by molar-refractivity contribution is -0.124. The average molecular weight is 421 g/mol. The summed E-state index contributed by atoms with van der Waals surface area (Å²) in [7, 11) is 0. The van der Waals surface area contributed by atoms with Crippen molar-refractivity contribution >= 4 is 29.1 Å². The lowest BCUT2D eigenvalue weighted by Crippen LogP contribution is -2.52. The lowest BCUT2D eigenvalue weighted by Gasteiger charge is -2.23. The Morgan fingerprint density at radius 3 is 2.52 bits per heavy atom. The minimum atomic E-state index is -1.17.